The van der Waals surface area contributed by atoms with Gasteiger partial charge in [0.15, 0.2) is 0 Å². The molecule has 0 radical (unpaired) electrons. The van der Waals surface area contributed by atoms with E-state index in [1.165, 1.54) is 18.1 Å². The third kappa shape index (κ3) is 10.9. The van der Waals surface area contributed by atoms with Gasteiger partial charge in [0.25, 0.3) is 5.91 Å². The van der Waals surface area contributed by atoms with Gasteiger partial charge in [-0.25, -0.2) is 4.79 Å². The molecule has 0 bridgehead atoms. The molecule has 5 N–H and O–H groups in total. The number of phenolic OH excluding ortho intramolecular Hbond substituents is 1. The second-order valence-corrected chi connectivity index (χ2v) is 11.0. The summed E-state index contributed by atoms with van der Waals surface area (Å²) in [6.07, 6.45) is 2.86. The van der Waals surface area contributed by atoms with E-state index in [0.29, 0.717) is 17.9 Å². The van der Waals surface area contributed by atoms with Crippen molar-refractivity contribution in [3.05, 3.63) is 54.1 Å². The fourth-order valence-corrected chi connectivity index (χ4v) is 4.36. The third-order valence-electron chi connectivity index (χ3n) is 6.33. The fraction of sp³-hybridized carbons (Fsp3) is 0.484. The number of para-hydroxylation sites is 1. The molecule has 2 aromatic rings. The summed E-state index contributed by atoms with van der Waals surface area (Å²) < 4.78 is 10.5. The molecule has 11 nitrogen and oxygen atoms in total. The molecule has 0 saturated heterocycles. The number of carbonyl (C=O) groups is 4. The third-order valence-corrected chi connectivity index (χ3v) is 6.33. The minimum Gasteiger partial charge on any atom is -0.508 e. The molecule has 0 aromatic heterocycles. The van der Waals surface area contributed by atoms with E-state index < -0.39 is 47.9 Å². The molecule has 2 unspecified atom stereocenters. The van der Waals surface area contributed by atoms with Crippen LogP contribution in [0.25, 0.3) is 0 Å². The molecule has 4 amide bonds. The average molecular weight is 585 g/mol. The monoisotopic (exact) mass is 584 g/mol. The van der Waals surface area contributed by atoms with Crippen LogP contribution in [0.4, 0.5) is 10.5 Å². The highest BCUT2D eigenvalue weighted by Gasteiger charge is 2.38. The predicted molar refractivity (Wildman–Crippen MR) is 160 cm³/mol. The van der Waals surface area contributed by atoms with Gasteiger partial charge in [0.2, 0.25) is 11.8 Å². The Hall–Kier alpha value is -4.28. The van der Waals surface area contributed by atoms with Gasteiger partial charge >= 0.3 is 6.09 Å². The van der Waals surface area contributed by atoms with Crippen molar-refractivity contribution in [1.29, 1.82) is 0 Å². The molecule has 2 aromatic carbocycles. The summed E-state index contributed by atoms with van der Waals surface area (Å²) in [6.45, 7) is 7.20. The topological polar surface area (TPSA) is 160 Å². The Morgan fingerprint density at radius 2 is 1.62 bits per heavy atom. The van der Waals surface area contributed by atoms with Gasteiger partial charge in [0, 0.05) is 17.8 Å². The van der Waals surface area contributed by atoms with E-state index in [0.717, 1.165) is 25.7 Å². The van der Waals surface area contributed by atoms with Crippen LogP contribution in [0.1, 0.15) is 77.8 Å². The molecule has 0 spiro atoms. The molecule has 0 heterocycles. The quantitative estimate of drug-likeness (QED) is 0.222. The Kier molecular flexibility index (Phi) is 13.1. The SMILES string of the molecule is CCCCCCCN(C(=O)C(CC(N)=O)NC(=O)OC(C)(C)C)C(C(=O)Nc1ccc(OC)cc1)c1ccccc1O. The van der Waals surface area contributed by atoms with Gasteiger partial charge in [-0.1, -0.05) is 50.8 Å². The number of benzene rings is 2. The van der Waals surface area contributed by atoms with Crippen LogP contribution in [0.3, 0.4) is 0 Å². The molecule has 0 aliphatic rings. The fourth-order valence-electron chi connectivity index (χ4n) is 4.36. The molecule has 0 aliphatic heterocycles. The predicted octanol–water partition coefficient (Wildman–Crippen LogP) is 4.65. The van der Waals surface area contributed by atoms with Crippen LogP contribution in [0.2, 0.25) is 0 Å². The Bertz CT molecular complexity index is 1190. The Morgan fingerprint density at radius 3 is 2.19 bits per heavy atom. The van der Waals surface area contributed by atoms with Crippen LogP contribution in [-0.4, -0.2) is 59.1 Å². The number of ether oxygens (including phenoxy) is 2. The Labute approximate surface area is 247 Å². The van der Waals surface area contributed by atoms with E-state index in [1.54, 1.807) is 63.2 Å². The van der Waals surface area contributed by atoms with Gasteiger partial charge < -0.3 is 35.8 Å². The van der Waals surface area contributed by atoms with E-state index in [1.807, 2.05) is 0 Å². The van der Waals surface area contributed by atoms with Crippen molar-refractivity contribution in [2.45, 2.75) is 83.9 Å². The van der Waals surface area contributed by atoms with Gasteiger partial charge in [-0.15, -0.1) is 0 Å². The summed E-state index contributed by atoms with van der Waals surface area (Å²) >= 11 is 0. The normalized spacial score (nSPS) is 12.5. The number of phenols is 1. The van der Waals surface area contributed by atoms with E-state index in [4.69, 9.17) is 15.2 Å². The number of rotatable bonds is 15. The number of methoxy groups -OCH3 is 1. The summed E-state index contributed by atoms with van der Waals surface area (Å²) in [5.41, 5.74) is 5.22. The number of hydrogen-bond acceptors (Lipinski definition) is 7. The number of nitrogens with two attached hydrogens (primary N) is 1. The minimum absolute atomic E-state index is 0.114. The minimum atomic E-state index is -1.41. The van der Waals surface area contributed by atoms with Crippen molar-refractivity contribution in [2.24, 2.45) is 5.73 Å². The largest absolute Gasteiger partial charge is 0.508 e. The first-order valence-corrected chi connectivity index (χ1v) is 14.2. The number of primary amides is 1. The molecule has 42 heavy (non-hydrogen) atoms. The second-order valence-electron chi connectivity index (χ2n) is 11.0. The first-order chi connectivity index (χ1) is 19.9. The van der Waals surface area contributed by atoms with Crippen LogP contribution in [0.5, 0.6) is 11.5 Å². The maximum Gasteiger partial charge on any atom is 0.408 e. The van der Waals surface area contributed by atoms with Crippen LogP contribution < -0.4 is 21.1 Å². The van der Waals surface area contributed by atoms with Crippen LogP contribution in [0.15, 0.2) is 48.5 Å². The second kappa shape index (κ2) is 16.2. The summed E-state index contributed by atoms with van der Waals surface area (Å²) in [6, 6.07) is 10.2. The molecular formula is C31H44N4O7. The van der Waals surface area contributed by atoms with Gasteiger partial charge in [-0.3, -0.25) is 14.4 Å². The summed E-state index contributed by atoms with van der Waals surface area (Å²) in [4.78, 5) is 54.0. The molecular weight excluding hydrogens is 540 g/mol. The number of unbranched alkanes of at least 4 members (excludes halogenated alkanes) is 4. The van der Waals surface area contributed by atoms with E-state index in [2.05, 4.69) is 17.6 Å². The molecule has 0 fully saturated rings. The molecule has 2 rings (SSSR count). The maximum atomic E-state index is 14.1. The summed E-state index contributed by atoms with van der Waals surface area (Å²) in [5.74, 6) is -1.74. The number of nitrogens with zero attached hydrogens (tertiary/aromatic N) is 1. The molecule has 0 aliphatic carbocycles. The number of alkyl carbamates (subject to hydrolysis) is 1. The molecule has 2 atom stereocenters. The Balaban J connectivity index is 2.54. The van der Waals surface area contributed by atoms with Gasteiger partial charge in [-0.05, 0) is 57.5 Å². The zero-order valence-electron chi connectivity index (χ0n) is 25.1. The molecule has 0 saturated carbocycles. The van der Waals surface area contributed by atoms with Gasteiger partial charge in [0.05, 0.1) is 13.5 Å². The molecule has 11 heteroatoms. The van der Waals surface area contributed by atoms with Crippen molar-refractivity contribution in [3.63, 3.8) is 0 Å². The molecule has 230 valence electrons. The van der Waals surface area contributed by atoms with Crippen molar-refractivity contribution in [1.82, 2.24) is 10.2 Å². The van der Waals surface area contributed by atoms with E-state index >= 15 is 0 Å². The number of nitrogens with one attached hydrogen (secondary N) is 2. The lowest BCUT2D eigenvalue weighted by Gasteiger charge is -2.34. The lowest BCUT2D eigenvalue weighted by molar-refractivity contribution is -0.142. The Morgan fingerprint density at radius 1 is 0.976 bits per heavy atom. The number of carbonyl (C=O) groups excluding carboxylic acids is 4. The lowest BCUT2D eigenvalue weighted by Crippen LogP contribution is -2.53. The first kappa shape index (κ1) is 33.9. The summed E-state index contributed by atoms with van der Waals surface area (Å²) in [5, 5.41) is 16.1. The zero-order chi connectivity index (χ0) is 31.3. The van der Waals surface area contributed by atoms with Crippen molar-refractivity contribution in [3.8, 4) is 11.5 Å². The van der Waals surface area contributed by atoms with E-state index in [9.17, 15) is 24.3 Å². The van der Waals surface area contributed by atoms with Gasteiger partial charge in [-0.2, -0.15) is 0 Å². The number of anilines is 1. The standard InChI is InChI=1S/C31H44N4O7/c1-6-7-8-9-12-19-35(29(39)24(20-26(32)37)34-30(40)42-31(2,3)4)27(23-13-10-11-14-25(23)36)28(38)33-21-15-17-22(41-5)18-16-21/h10-11,13-18,24,27,36H,6-9,12,19-20H2,1-5H3,(H2,32,37)(H,33,38)(H,34,40). The van der Waals surface area contributed by atoms with E-state index in [-0.39, 0.29) is 17.9 Å². The highest BCUT2D eigenvalue weighted by Crippen LogP contribution is 2.31. The van der Waals surface area contributed by atoms with Crippen LogP contribution in [0, 0.1) is 0 Å². The van der Waals surface area contributed by atoms with Crippen LogP contribution >= 0.6 is 0 Å². The van der Waals surface area contributed by atoms with Crippen molar-refractivity contribution < 1.29 is 33.8 Å². The van der Waals surface area contributed by atoms with Crippen molar-refractivity contribution in [2.75, 3.05) is 19.0 Å². The van der Waals surface area contributed by atoms with Crippen LogP contribution in [-0.2, 0) is 19.1 Å². The number of hydrogen-bond donors (Lipinski definition) is 4. The zero-order valence-corrected chi connectivity index (χ0v) is 25.1. The maximum absolute atomic E-state index is 14.1. The average Bonchev–Trinajstić information content (AvgIpc) is 2.91. The number of amides is 4. The highest BCUT2D eigenvalue weighted by atomic mass is 16.6. The van der Waals surface area contributed by atoms with Gasteiger partial charge in [0.1, 0.15) is 29.2 Å². The highest BCUT2D eigenvalue weighted by molar-refractivity contribution is 6.00. The number of aromatic hydroxyl groups is 1. The first-order valence-electron chi connectivity index (χ1n) is 14.2. The summed E-state index contributed by atoms with van der Waals surface area (Å²) in [7, 11) is 1.53. The van der Waals surface area contributed by atoms with Crippen molar-refractivity contribution >= 4 is 29.5 Å². The lowest BCUT2D eigenvalue weighted by atomic mass is 10.00. The smallest absolute Gasteiger partial charge is 0.408 e.